The molecule has 2 aromatic heterocycles. The van der Waals surface area contributed by atoms with Gasteiger partial charge in [-0.25, -0.2) is 4.52 Å². The predicted molar refractivity (Wildman–Crippen MR) is 97.1 cm³/mol. The topological polar surface area (TPSA) is 70.5 Å². The molecule has 0 aliphatic carbocycles. The lowest BCUT2D eigenvalue weighted by Crippen LogP contribution is -2.54. The summed E-state index contributed by atoms with van der Waals surface area (Å²) in [7, 11) is 0. The van der Waals surface area contributed by atoms with Crippen molar-refractivity contribution in [3.05, 3.63) is 36.2 Å². The molecule has 134 valence electrons. The number of piperidine rings is 2. The minimum atomic E-state index is 0.136. The number of hydrogen-bond acceptors (Lipinski definition) is 4. The molecule has 2 aromatic rings. The third-order valence-electron chi connectivity index (χ3n) is 5.63. The second-order valence-corrected chi connectivity index (χ2v) is 7.40. The summed E-state index contributed by atoms with van der Waals surface area (Å²) in [6, 6.07) is 6.54. The van der Waals surface area contributed by atoms with Crippen LogP contribution in [0.1, 0.15) is 31.2 Å². The lowest BCUT2D eigenvalue weighted by atomic mass is 9.80. The Labute approximate surface area is 148 Å². The number of rotatable bonds is 6. The third kappa shape index (κ3) is 3.85. The van der Waals surface area contributed by atoms with Gasteiger partial charge >= 0.3 is 0 Å². The number of hydrogen-bond donors (Lipinski definition) is 3. The van der Waals surface area contributed by atoms with Gasteiger partial charge in [-0.15, -0.1) is 0 Å². The van der Waals surface area contributed by atoms with Crippen molar-refractivity contribution in [2.24, 2.45) is 11.8 Å². The molecule has 4 heterocycles. The van der Waals surface area contributed by atoms with E-state index in [-0.39, 0.29) is 5.91 Å². The lowest BCUT2D eigenvalue weighted by Gasteiger charge is -2.41. The zero-order chi connectivity index (χ0) is 17.1. The highest BCUT2D eigenvalue weighted by atomic mass is 16.1. The molecular weight excluding hydrogens is 314 g/mol. The molecule has 6 heteroatoms. The highest BCUT2D eigenvalue weighted by Crippen LogP contribution is 2.26. The Bertz CT molecular complexity index is 727. The smallest absolute Gasteiger partial charge is 0.220 e. The summed E-state index contributed by atoms with van der Waals surface area (Å²) in [5.74, 6) is 1.66. The van der Waals surface area contributed by atoms with Gasteiger partial charge in [-0.1, -0.05) is 6.07 Å². The maximum atomic E-state index is 12.2. The summed E-state index contributed by atoms with van der Waals surface area (Å²) in [4.78, 5) is 12.2. The molecule has 3 atom stereocenters. The van der Waals surface area contributed by atoms with Crippen molar-refractivity contribution >= 4 is 11.4 Å². The Balaban J connectivity index is 1.21. The standard InChI is InChI=1S/C19H27N5O/c25-19(22-13-15-3-2-8-24-18(15)6-7-23-24)5-1-4-17-16-9-14(11-21-17)10-20-12-16/h2-3,6-8,14,16-17,20-21H,1,4-5,9-13H2,(H,22,25)/t14-,16+,17-/m0/s1. The van der Waals surface area contributed by atoms with E-state index in [0.717, 1.165) is 55.4 Å². The molecule has 6 nitrogen and oxygen atoms in total. The molecule has 0 aromatic carbocycles. The van der Waals surface area contributed by atoms with Gasteiger partial charge in [0.2, 0.25) is 5.91 Å². The van der Waals surface area contributed by atoms with Crippen LogP contribution in [0.5, 0.6) is 0 Å². The Morgan fingerprint density at radius 1 is 1.32 bits per heavy atom. The molecule has 3 N–H and O–H groups in total. The van der Waals surface area contributed by atoms with E-state index in [1.165, 1.54) is 6.42 Å². The van der Waals surface area contributed by atoms with Gasteiger partial charge in [-0.2, -0.15) is 5.10 Å². The SMILES string of the molecule is O=C(CCC[C@@H]1NC[C@@H]2CNC[C@H]1C2)NCc1cccn2nccc12. The fraction of sp³-hybridized carbons (Fsp3) is 0.579. The van der Waals surface area contributed by atoms with Crippen molar-refractivity contribution in [2.75, 3.05) is 19.6 Å². The number of fused-ring (bicyclic) bond motifs is 3. The molecule has 25 heavy (non-hydrogen) atoms. The molecular formula is C19H27N5O. The number of amides is 1. The Morgan fingerprint density at radius 2 is 2.28 bits per heavy atom. The number of carbonyl (C=O) groups excluding carboxylic acids is 1. The van der Waals surface area contributed by atoms with Gasteiger partial charge < -0.3 is 16.0 Å². The Hall–Kier alpha value is -1.92. The van der Waals surface area contributed by atoms with Crippen molar-refractivity contribution in [3.8, 4) is 0 Å². The summed E-state index contributed by atoms with van der Waals surface area (Å²) in [5.41, 5.74) is 2.15. The van der Waals surface area contributed by atoms with Crippen LogP contribution in [0.25, 0.3) is 5.52 Å². The molecule has 2 aliphatic rings. The quantitative estimate of drug-likeness (QED) is 0.741. The van der Waals surface area contributed by atoms with Crippen LogP contribution < -0.4 is 16.0 Å². The Kier molecular flexibility index (Phi) is 4.99. The van der Waals surface area contributed by atoms with Crippen LogP contribution >= 0.6 is 0 Å². The van der Waals surface area contributed by atoms with E-state index in [1.54, 1.807) is 6.20 Å². The van der Waals surface area contributed by atoms with E-state index in [9.17, 15) is 4.79 Å². The van der Waals surface area contributed by atoms with Gasteiger partial charge in [-0.05, 0) is 68.4 Å². The van der Waals surface area contributed by atoms with E-state index in [1.807, 2.05) is 28.9 Å². The fourth-order valence-electron chi connectivity index (χ4n) is 4.28. The summed E-state index contributed by atoms with van der Waals surface area (Å²) < 4.78 is 1.84. The highest BCUT2D eigenvalue weighted by molar-refractivity contribution is 5.76. The molecule has 0 radical (unpaired) electrons. The van der Waals surface area contributed by atoms with Gasteiger partial charge in [0, 0.05) is 31.4 Å². The average Bonchev–Trinajstić information content (AvgIpc) is 3.11. The minimum Gasteiger partial charge on any atom is -0.352 e. The maximum absolute atomic E-state index is 12.2. The fourth-order valence-corrected chi connectivity index (χ4v) is 4.28. The van der Waals surface area contributed by atoms with Crippen LogP contribution in [-0.4, -0.2) is 41.2 Å². The van der Waals surface area contributed by atoms with Crippen molar-refractivity contribution in [3.63, 3.8) is 0 Å². The van der Waals surface area contributed by atoms with Crippen molar-refractivity contribution in [1.29, 1.82) is 0 Å². The summed E-state index contributed by atoms with van der Waals surface area (Å²) in [6.07, 6.45) is 7.67. The molecule has 2 saturated heterocycles. The van der Waals surface area contributed by atoms with Gasteiger partial charge in [0.1, 0.15) is 0 Å². The highest BCUT2D eigenvalue weighted by Gasteiger charge is 2.32. The largest absolute Gasteiger partial charge is 0.352 e. The van der Waals surface area contributed by atoms with E-state index >= 15 is 0 Å². The van der Waals surface area contributed by atoms with Crippen LogP contribution in [0.15, 0.2) is 30.6 Å². The number of carbonyl (C=O) groups is 1. The summed E-state index contributed by atoms with van der Waals surface area (Å²) >= 11 is 0. The Morgan fingerprint density at radius 3 is 3.24 bits per heavy atom. The average molecular weight is 341 g/mol. The predicted octanol–water partition coefficient (Wildman–Crippen LogP) is 1.32. The van der Waals surface area contributed by atoms with Gasteiger partial charge in [0.05, 0.1) is 5.52 Å². The summed E-state index contributed by atoms with van der Waals surface area (Å²) in [5, 5.41) is 14.5. The molecule has 4 rings (SSSR count). The van der Waals surface area contributed by atoms with Crippen LogP contribution in [0.4, 0.5) is 0 Å². The van der Waals surface area contributed by atoms with Gasteiger partial charge in [0.25, 0.3) is 0 Å². The first-order valence-corrected chi connectivity index (χ1v) is 9.41. The van der Waals surface area contributed by atoms with E-state index in [2.05, 4.69) is 21.0 Å². The number of aromatic nitrogens is 2. The molecule has 2 fully saturated rings. The van der Waals surface area contributed by atoms with Crippen molar-refractivity contribution in [2.45, 2.75) is 38.3 Å². The molecule has 0 unspecified atom stereocenters. The van der Waals surface area contributed by atoms with E-state index in [4.69, 9.17) is 0 Å². The van der Waals surface area contributed by atoms with Gasteiger partial charge in [-0.3, -0.25) is 4.79 Å². The number of nitrogens with zero attached hydrogens (tertiary/aromatic N) is 2. The number of nitrogens with one attached hydrogen (secondary N) is 3. The first-order valence-electron chi connectivity index (χ1n) is 9.41. The van der Waals surface area contributed by atoms with Crippen molar-refractivity contribution in [1.82, 2.24) is 25.6 Å². The monoisotopic (exact) mass is 341 g/mol. The summed E-state index contributed by atoms with van der Waals surface area (Å²) in [6.45, 7) is 3.96. The van der Waals surface area contributed by atoms with Gasteiger partial charge in [0.15, 0.2) is 0 Å². The van der Waals surface area contributed by atoms with Crippen LogP contribution in [0.3, 0.4) is 0 Å². The zero-order valence-electron chi connectivity index (χ0n) is 14.6. The van der Waals surface area contributed by atoms with Crippen LogP contribution in [0.2, 0.25) is 0 Å². The first kappa shape index (κ1) is 16.5. The third-order valence-corrected chi connectivity index (χ3v) is 5.63. The lowest BCUT2D eigenvalue weighted by molar-refractivity contribution is -0.121. The van der Waals surface area contributed by atoms with Crippen LogP contribution in [-0.2, 0) is 11.3 Å². The van der Waals surface area contributed by atoms with E-state index < -0.39 is 0 Å². The molecule has 0 spiro atoms. The van der Waals surface area contributed by atoms with E-state index in [0.29, 0.717) is 19.0 Å². The number of pyridine rings is 1. The maximum Gasteiger partial charge on any atom is 0.220 e. The normalized spacial score (nSPS) is 25.8. The second kappa shape index (κ2) is 7.54. The minimum absolute atomic E-state index is 0.136. The molecule has 2 bridgehead atoms. The van der Waals surface area contributed by atoms with Crippen LogP contribution in [0, 0.1) is 11.8 Å². The second-order valence-electron chi connectivity index (χ2n) is 7.40. The first-order chi connectivity index (χ1) is 12.3. The molecule has 2 aliphatic heterocycles. The molecule has 0 saturated carbocycles. The molecule has 1 amide bonds. The van der Waals surface area contributed by atoms with Crippen molar-refractivity contribution < 1.29 is 4.79 Å². The zero-order valence-corrected chi connectivity index (χ0v) is 14.6.